The Morgan fingerprint density at radius 3 is 2.45 bits per heavy atom. The Labute approximate surface area is 175 Å². The topological polar surface area (TPSA) is 87.7 Å². The number of carboxylic acids is 1. The second kappa shape index (κ2) is 7.91. The van der Waals surface area contributed by atoms with Crippen molar-refractivity contribution in [3.63, 3.8) is 0 Å². The van der Waals surface area contributed by atoms with Gasteiger partial charge in [-0.3, -0.25) is 4.79 Å². The third kappa shape index (κ3) is 4.09. The van der Waals surface area contributed by atoms with Crippen LogP contribution in [0.15, 0.2) is 72.8 Å². The lowest BCUT2D eigenvalue weighted by Crippen LogP contribution is -2.54. The number of nitrogens with one attached hydrogen (secondary N) is 2. The van der Waals surface area contributed by atoms with Crippen LogP contribution in [0.4, 0.5) is 20.2 Å². The van der Waals surface area contributed by atoms with Gasteiger partial charge in [0.15, 0.2) is 11.6 Å². The van der Waals surface area contributed by atoms with E-state index in [0.29, 0.717) is 17.4 Å². The molecule has 0 saturated carbocycles. The lowest BCUT2D eigenvalue weighted by Gasteiger charge is -2.35. The first-order valence-corrected chi connectivity index (χ1v) is 9.22. The SMILES string of the molecule is O=C(O)c1ccc(NC(=O)C2(Oc3ccc(F)cc3F)C=Cc3ccccc3N2)cc1. The summed E-state index contributed by atoms with van der Waals surface area (Å²) in [4.78, 5) is 24.3. The van der Waals surface area contributed by atoms with Crippen molar-refractivity contribution in [1.82, 2.24) is 0 Å². The van der Waals surface area contributed by atoms with Gasteiger partial charge in [-0.2, -0.15) is 0 Å². The third-order valence-electron chi connectivity index (χ3n) is 4.67. The smallest absolute Gasteiger partial charge is 0.335 e. The number of rotatable bonds is 5. The van der Waals surface area contributed by atoms with Gasteiger partial charge in [0.05, 0.1) is 5.56 Å². The van der Waals surface area contributed by atoms with Gasteiger partial charge in [0, 0.05) is 17.4 Å². The maximum Gasteiger partial charge on any atom is 0.335 e. The fraction of sp³-hybridized carbons (Fsp3) is 0.0435. The number of para-hydroxylation sites is 1. The summed E-state index contributed by atoms with van der Waals surface area (Å²) in [6.07, 6.45) is 3.08. The second-order valence-corrected chi connectivity index (χ2v) is 6.79. The van der Waals surface area contributed by atoms with E-state index < -0.39 is 29.2 Å². The van der Waals surface area contributed by atoms with Crippen LogP contribution >= 0.6 is 0 Å². The van der Waals surface area contributed by atoms with Gasteiger partial charge in [0.1, 0.15) is 5.82 Å². The molecule has 8 heteroatoms. The number of benzene rings is 3. The number of carbonyl (C=O) groups excluding carboxylic acids is 1. The molecule has 3 aromatic carbocycles. The lowest BCUT2D eigenvalue weighted by molar-refractivity contribution is -0.126. The van der Waals surface area contributed by atoms with Gasteiger partial charge in [0.25, 0.3) is 11.6 Å². The van der Waals surface area contributed by atoms with E-state index in [2.05, 4.69) is 10.6 Å². The van der Waals surface area contributed by atoms with Crippen LogP contribution in [0.25, 0.3) is 6.08 Å². The molecule has 0 saturated heterocycles. The van der Waals surface area contributed by atoms with Crippen LogP contribution in [0.1, 0.15) is 15.9 Å². The molecule has 3 aromatic rings. The summed E-state index contributed by atoms with van der Waals surface area (Å²) in [6, 6.07) is 15.4. The molecule has 0 aliphatic carbocycles. The molecule has 156 valence electrons. The summed E-state index contributed by atoms with van der Waals surface area (Å²) in [7, 11) is 0. The molecule has 1 amide bonds. The third-order valence-corrected chi connectivity index (χ3v) is 4.67. The highest BCUT2D eigenvalue weighted by molar-refractivity contribution is 6.03. The van der Waals surface area contributed by atoms with E-state index in [0.717, 1.165) is 17.7 Å². The van der Waals surface area contributed by atoms with Gasteiger partial charge in [-0.25, -0.2) is 13.6 Å². The van der Waals surface area contributed by atoms with Crippen LogP contribution in [0.5, 0.6) is 5.75 Å². The number of fused-ring (bicyclic) bond motifs is 1. The van der Waals surface area contributed by atoms with Gasteiger partial charge in [-0.1, -0.05) is 24.3 Å². The zero-order chi connectivity index (χ0) is 22.0. The maximum atomic E-state index is 14.3. The summed E-state index contributed by atoms with van der Waals surface area (Å²) in [5, 5.41) is 14.6. The number of anilines is 2. The molecule has 1 atom stereocenters. The van der Waals surface area contributed by atoms with Crippen LogP contribution < -0.4 is 15.4 Å². The lowest BCUT2D eigenvalue weighted by atomic mass is 10.0. The Hall–Kier alpha value is -4.20. The summed E-state index contributed by atoms with van der Waals surface area (Å²) in [5.41, 5.74) is -0.115. The van der Waals surface area contributed by atoms with Crippen LogP contribution in [-0.4, -0.2) is 22.7 Å². The molecule has 4 rings (SSSR count). The minimum atomic E-state index is -1.85. The van der Waals surface area contributed by atoms with E-state index in [-0.39, 0.29) is 11.3 Å². The van der Waals surface area contributed by atoms with Crippen molar-refractivity contribution in [2.45, 2.75) is 5.72 Å². The van der Waals surface area contributed by atoms with Crippen LogP contribution in [0, 0.1) is 11.6 Å². The summed E-state index contributed by atoms with van der Waals surface area (Å²) in [6.45, 7) is 0. The zero-order valence-electron chi connectivity index (χ0n) is 15.9. The first kappa shape index (κ1) is 20.1. The van der Waals surface area contributed by atoms with Gasteiger partial charge in [0.2, 0.25) is 0 Å². The van der Waals surface area contributed by atoms with Gasteiger partial charge in [-0.05, 0) is 54.1 Å². The molecule has 6 nitrogen and oxygen atoms in total. The monoisotopic (exact) mass is 422 g/mol. The van der Waals surface area contributed by atoms with Gasteiger partial charge in [-0.15, -0.1) is 0 Å². The van der Waals surface area contributed by atoms with Crippen molar-refractivity contribution in [2.75, 3.05) is 10.6 Å². The summed E-state index contributed by atoms with van der Waals surface area (Å²) < 4.78 is 33.3. The minimum absolute atomic E-state index is 0.0574. The molecule has 31 heavy (non-hydrogen) atoms. The molecule has 0 spiro atoms. The van der Waals surface area contributed by atoms with Crippen LogP contribution in [-0.2, 0) is 4.79 Å². The quantitative estimate of drug-likeness (QED) is 0.563. The molecular weight excluding hydrogens is 406 g/mol. The van der Waals surface area contributed by atoms with Crippen molar-refractivity contribution < 1.29 is 28.2 Å². The van der Waals surface area contributed by atoms with Gasteiger partial charge < -0.3 is 20.5 Å². The molecule has 1 unspecified atom stereocenters. The second-order valence-electron chi connectivity index (χ2n) is 6.79. The average molecular weight is 422 g/mol. The normalized spacial score (nSPS) is 16.7. The highest BCUT2D eigenvalue weighted by Crippen LogP contribution is 2.32. The molecule has 1 aliphatic heterocycles. The molecule has 1 aliphatic rings. The van der Waals surface area contributed by atoms with E-state index in [4.69, 9.17) is 9.84 Å². The van der Waals surface area contributed by atoms with E-state index in [1.807, 2.05) is 12.1 Å². The van der Waals surface area contributed by atoms with Crippen LogP contribution in [0.3, 0.4) is 0 Å². The van der Waals surface area contributed by atoms with Crippen molar-refractivity contribution in [2.24, 2.45) is 0 Å². The highest BCUT2D eigenvalue weighted by atomic mass is 19.1. The summed E-state index contributed by atoms with van der Waals surface area (Å²) >= 11 is 0. The Balaban J connectivity index is 1.68. The predicted molar refractivity (Wildman–Crippen MR) is 111 cm³/mol. The number of ether oxygens (including phenoxy) is 1. The van der Waals surface area contributed by atoms with Crippen molar-refractivity contribution in [3.05, 3.63) is 95.6 Å². The number of hydrogen-bond acceptors (Lipinski definition) is 4. The number of carbonyl (C=O) groups is 2. The first-order chi connectivity index (χ1) is 14.9. The molecule has 1 heterocycles. The minimum Gasteiger partial charge on any atom is -0.478 e. The summed E-state index contributed by atoms with van der Waals surface area (Å²) in [5.74, 6) is -3.86. The Morgan fingerprint density at radius 1 is 1.00 bits per heavy atom. The molecule has 0 fully saturated rings. The first-order valence-electron chi connectivity index (χ1n) is 9.22. The maximum absolute atomic E-state index is 14.3. The fourth-order valence-electron chi connectivity index (χ4n) is 3.09. The van der Waals surface area contributed by atoms with Gasteiger partial charge >= 0.3 is 5.97 Å². The Bertz CT molecular complexity index is 1190. The Kier molecular flexibility index (Phi) is 5.12. The largest absolute Gasteiger partial charge is 0.478 e. The molecule has 3 N–H and O–H groups in total. The van der Waals surface area contributed by atoms with E-state index in [9.17, 15) is 18.4 Å². The number of aromatic carboxylic acids is 1. The zero-order valence-corrected chi connectivity index (χ0v) is 15.9. The number of hydrogen-bond donors (Lipinski definition) is 3. The molecule has 0 bridgehead atoms. The fourth-order valence-corrected chi connectivity index (χ4v) is 3.09. The predicted octanol–water partition coefficient (Wildman–Crippen LogP) is 4.52. The Morgan fingerprint density at radius 2 is 1.74 bits per heavy atom. The highest BCUT2D eigenvalue weighted by Gasteiger charge is 2.41. The number of halogens is 2. The van der Waals surface area contributed by atoms with Crippen LogP contribution in [0.2, 0.25) is 0 Å². The molecule has 0 radical (unpaired) electrons. The van der Waals surface area contributed by atoms with Crippen molar-refractivity contribution in [3.8, 4) is 5.75 Å². The van der Waals surface area contributed by atoms with E-state index >= 15 is 0 Å². The standard InChI is InChI=1S/C23H16F2N2O4/c24-16-7-10-20(18(25)13-16)31-23(12-11-14-3-1-2-4-19(14)27-23)22(30)26-17-8-5-15(6-9-17)21(28)29/h1-13,27H,(H,26,30)(H,28,29). The van der Waals surface area contributed by atoms with Crippen molar-refractivity contribution in [1.29, 1.82) is 0 Å². The molecule has 0 aromatic heterocycles. The van der Waals surface area contributed by atoms with E-state index in [1.165, 1.54) is 30.3 Å². The average Bonchev–Trinajstić information content (AvgIpc) is 2.76. The molecular formula is C23H16F2N2O4. The van der Waals surface area contributed by atoms with Crippen molar-refractivity contribution >= 4 is 29.3 Å². The number of amides is 1. The van der Waals surface area contributed by atoms with E-state index in [1.54, 1.807) is 18.2 Å². The number of carboxylic acid groups (broad SMARTS) is 1.